The highest BCUT2D eigenvalue weighted by molar-refractivity contribution is 7.16. The zero-order valence-corrected chi connectivity index (χ0v) is 12.2. The predicted molar refractivity (Wildman–Crippen MR) is 84.2 cm³/mol. The zero-order valence-electron chi connectivity index (χ0n) is 11.4. The molecule has 0 spiro atoms. The van der Waals surface area contributed by atoms with E-state index in [0.29, 0.717) is 6.54 Å². The lowest BCUT2D eigenvalue weighted by Gasteiger charge is -2.04. The van der Waals surface area contributed by atoms with Gasteiger partial charge in [0.05, 0.1) is 15.8 Å². The molecule has 21 heavy (non-hydrogen) atoms. The first kappa shape index (κ1) is 13.6. The van der Waals surface area contributed by atoms with Gasteiger partial charge in [0.2, 0.25) is 0 Å². The van der Waals surface area contributed by atoms with Crippen molar-refractivity contribution < 1.29 is 9.90 Å². The normalized spacial score (nSPS) is 10.9. The third kappa shape index (κ3) is 2.36. The van der Waals surface area contributed by atoms with Gasteiger partial charge in [0.15, 0.2) is 0 Å². The van der Waals surface area contributed by atoms with Crippen LogP contribution in [-0.2, 0) is 6.54 Å². The predicted octanol–water partition coefficient (Wildman–Crippen LogP) is 3.45. The Kier molecular flexibility index (Phi) is 3.35. The number of carboxylic acid groups (broad SMARTS) is 1. The molecule has 106 valence electrons. The summed E-state index contributed by atoms with van der Waals surface area (Å²) < 4.78 is 2.69. The van der Waals surface area contributed by atoms with Crippen LogP contribution < -0.4 is 4.87 Å². The minimum absolute atomic E-state index is 0.0471. The quantitative estimate of drug-likeness (QED) is 0.806. The maximum Gasteiger partial charge on any atom is 0.335 e. The van der Waals surface area contributed by atoms with Crippen LogP contribution >= 0.6 is 11.3 Å². The van der Waals surface area contributed by atoms with Gasteiger partial charge in [-0.05, 0) is 42.3 Å². The summed E-state index contributed by atoms with van der Waals surface area (Å²) in [7, 11) is 0. The van der Waals surface area contributed by atoms with E-state index in [-0.39, 0.29) is 10.4 Å². The van der Waals surface area contributed by atoms with Crippen LogP contribution in [0.4, 0.5) is 0 Å². The number of aromatic nitrogens is 1. The first-order valence-electron chi connectivity index (χ1n) is 6.57. The molecule has 1 heterocycles. The second-order valence-electron chi connectivity index (χ2n) is 4.68. The first-order chi connectivity index (χ1) is 10.1. The Bertz CT molecular complexity index is 875. The van der Waals surface area contributed by atoms with Crippen LogP contribution in [-0.4, -0.2) is 15.6 Å². The number of thiazole rings is 1. The number of aromatic carboxylic acids is 1. The SMILES string of the molecule is CCn1c(=O)sc2cc(-c3ccc(C(=O)O)cc3)ccc21. The van der Waals surface area contributed by atoms with Crippen molar-refractivity contribution in [2.45, 2.75) is 13.5 Å². The summed E-state index contributed by atoms with van der Waals surface area (Å²) in [5, 5.41) is 8.91. The summed E-state index contributed by atoms with van der Waals surface area (Å²) in [6.07, 6.45) is 0. The van der Waals surface area contributed by atoms with Crippen molar-refractivity contribution in [1.82, 2.24) is 4.57 Å². The highest BCUT2D eigenvalue weighted by Crippen LogP contribution is 2.26. The van der Waals surface area contributed by atoms with Gasteiger partial charge < -0.3 is 5.11 Å². The van der Waals surface area contributed by atoms with Crippen LogP contribution in [0.2, 0.25) is 0 Å². The fraction of sp³-hybridized carbons (Fsp3) is 0.125. The molecule has 0 unspecified atom stereocenters. The van der Waals surface area contributed by atoms with Gasteiger partial charge in [-0.25, -0.2) is 4.79 Å². The number of hydrogen-bond donors (Lipinski definition) is 1. The Hall–Kier alpha value is -2.40. The molecule has 3 aromatic rings. The Morgan fingerprint density at radius 2 is 1.81 bits per heavy atom. The van der Waals surface area contributed by atoms with E-state index in [9.17, 15) is 9.59 Å². The van der Waals surface area contributed by atoms with Crippen LogP contribution in [0.25, 0.3) is 21.3 Å². The summed E-state index contributed by atoms with van der Waals surface area (Å²) in [5.74, 6) is -0.935. The molecule has 4 nitrogen and oxygen atoms in total. The Morgan fingerprint density at radius 3 is 2.43 bits per heavy atom. The largest absolute Gasteiger partial charge is 0.478 e. The van der Waals surface area contributed by atoms with E-state index in [2.05, 4.69) is 0 Å². The van der Waals surface area contributed by atoms with Crippen molar-refractivity contribution >= 4 is 27.5 Å². The Balaban J connectivity index is 2.08. The molecule has 3 rings (SSSR count). The molecule has 1 aromatic heterocycles. The molecule has 0 saturated heterocycles. The van der Waals surface area contributed by atoms with Crippen LogP contribution in [0.3, 0.4) is 0 Å². The molecule has 0 saturated carbocycles. The number of rotatable bonds is 3. The number of benzene rings is 2. The molecule has 0 amide bonds. The molecule has 0 radical (unpaired) electrons. The second-order valence-corrected chi connectivity index (χ2v) is 5.67. The molecule has 0 aliphatic heterocycles. The fourth-order valence-corrected chi connectivity index (χ4v) is 3.35. The van der Waals surface area contributed by atoms with Crippen molar-refractivity contribution in [2.75, 3.05) is 0 Å². The lowest BCUT2D eigenvalue weighted by Crippen LogP contribution is -2.10. The van der Waals surface area contributed by atoms with Crippen LogP contribution in [0.1, 0.15) is 17.3 Å². The summed E-state index contributed by atoms with van der Waals surface area (Å²) in [4.78, 5) is 22.8. The van der Waals surface area contributed by atoms with Gasteiger partial charge in [-0.2, -0.15) is 0 Å². The smallest absolute Gasteiger partial charge is 0.335 e. The van der Waals surface area contributed by atoms with Crippen molar-refractivity contribution in [3.05, 3.63) is 57.7 Å². The van der Waals surface area contributed by atoms with Gasteiger partial charge in [-0.15, -0.1) is 0 Å². The van der Waals surface area contributed by atoms with E-state index in [1.54, 1.807) is 28.8 Å². The zero-order chi connectivity index (χ0) is 15.0. The average Bonchev–Trinajstić information content (AvgIpc) is 2.81. The highest BCUT2D eigenvalue weighted by Gasteiger charge is 2.08. The van der Waals surface area contributed by atoms with Gasteiger partial charge in [-0.3, -0.25) is 9.36 Å². The molecule has 5 heteroatoms. The van der Waals surface area contributed by atoms with Gasteiger partial charge >= 0.3 is 10.8 Å². The van der Waals surface area contributed by atoms with Crippen molar-refractivity contribution in [1.29, 1.82) is 0 Å². The van der Waals surface area contributed by atoms with Crippen molar-refractivity contribution in [3.63, 3.8) is 0 Å². The fourth-order valence-electron chi connectivity index (χ4n) is 2.35. The van der Waals surface area contributed by atoms with E-state index in [4.69, 9.17) is 5.11 Å². The summed E-state index contributed by atoms with van der Waals surface area (Å²) in [5.41, 5.74) is 3.12. The summed E-state index contributed by atoms with van der Waals surface area (Å²) >= 11 is 1.23. The van der Waals surface area contributed by atoms with Crippen molar-refractivity contribution in [2.24, 2.45) is 0 Å². The second kappa shape index (κ2) is 5.18. The van der Waals surface area contributed by atoms with E-state index in [1.165, 1.54) is 11.3 Å². The maximum absolute atomic E-state index is 11.9. The summed E-state index contributed by atoms with van der Waals surface area (Å²) in [6.45, 7) is 2.61. The molecule has 2 aromatic carbocycles. The molecule has 0 fully saturated rings. The van der Waals surface area contributed by atoms with E-state index >= 15 is 0 Å². The average molecular weight is 299 g/mol. The number of carbonyl (C=O) groups is 1. The molecule has 0 aliphatic rings. The monoisotopic (exact) mass is 299 g/mol. The minimum atomic E-state index is -0.935. The third-order valence-corrected chi connectivity index (χ3v) is 4.39. The number of aryl methyl sites for hydroxylation is 1. The van der Waals surface area contributed by atoms with Gasteiger partial charge in [0.25, 0.3) is 0 Å². The van der Waals surface area contributed by atoms with Crippen LogP contribution in [0.5, 0.6) is 0 Å². The lowest BCUT2D eigenvalue weighted by molar-refractivity contribution is 0.0697. The molecule has 0 aliphatic carbocycles. The number of nitrogens with zero attached hydrogens (tertiary/aromatic N) is 1. The molecule has 0 bridgehead atoms. The minimum Gasteiger partial charge on any atom is -0.478 e. The van der Waals surface area contributed by atoms with Gasteiger partial charge in [0.1, 0.15) is 0 Å². The van der Waals surface area contributed by atoms with Gasteiger partial charge in [0, 0.05) is 6.54 Å². The highest BCUT2D eigenvalue weighted by atomic mass is 32.1. The number of carboxylic acids is 1. The Labute approximate surface area is 124 Å². The molecule has 0 atom stereocenters. The van der Waals surface area contributed by atoms with E-state index < -0.39 is 5.97 Å². The Morgan fingerprint density at radius 1 is 1.14 bits per heavy atom. The summed E-state index contributed by atoms with van der Waals surface area (Å²) in [6, 6.07) is 12.6. The maximum atomic E-state index is 11.9. The molecular formula is C16H13NO3S. The lowest BCUT2D eigenvalue weighted by atomic mass is 10.0. The topological polar surface area (TPSA) is 59.3 Å². The third-order valence-electron chi connectivity index (χ3n) is 3.45. The first-order valence-corrected chi connectivity index (χ1v) is 7.39. The van der Waals surface area contributed by atoms with Gasteiger partial charge in [-0.1, -0.05) is 29.5 Å². The van der Waals surface area contributed by atoms with E-state index in [1.807, 2.05) is 25.1 Å². The number of hydrogen-bond acceptors (Lipinski definition) is 3. The molecular weight excluding hydrogens is 286 g/mol. The van der Waals surface area contributed by atoms with Crippen LogP contribution in [0.15, 0.2) is 47.3 Å². The number of fused-ring (bicyclic) bond motifs is 1. The van der Waals surface area contributed by atoms with Crippen molar-refractivity contribution in [3.8, 4) is 11.1 Å². The van der Waals surface area contributed by atoms with E-state index in [0.717, 1.165) is 21.3 Å². The van der Waals surface area contributed by atoms with Crippen LogP contribution in [0, 0.1) is 0 Å². The molecule has 1 N–H and O–H groups in total. The standard InChI is InChI=1S/C16H13NO3S/c1-2-17-13-8-7-12(9-14(13)21-16(17)20)10-3-5-11(6-4-10)15(18)19/h3-9H,2H2,1H3,(H,18,19).